The number of nitriles is 1. The minimum Gasteiger partial charge on any atom is -0.496 e. The number of para-hydroxylation sites is 1. The smallest absolute Gasteiger partial charge is 0.317 e. The van der Waals surface area contributed by atoms with Crippen molar-refractivity contribution in [3.63, 3.8) is 0 Å². The summed E-state index contributed by atoms with van der Waals surface area (Å²) in [5.74, 6) is 0.541. The van der Waals surface area contributed by atoms with Gasteiger partial charge in [-0.1, -0.05) is 31.2 Å². The quantitative estimate of drug-likeness (QED) is 0.472. The standard InChI is InChI=1S/C27H29N5O3S/c1-18(20-8-3-4-9-23(20)35-2)15-25(33)31-26-22(16-28)21-11-14-32(17-24(21)36-26)27(34)30-13-10-19-7-5-6-12-29-19/h3-9,12,18H,10-11,13-15,17H2,1-2H3,(H,30,34)(H,31,33)/t18-/m1/s1. The summed E-state index contributed by atoms with van der Waals surface area (Å²) in [6.45, 7) is 3.41. The number of thiophene rings is 1. The summed E-state index contributed by atoms with van der Waals surface area (Å²) in [6, 6.07) is 15.5. The molecule has 4 rings (SSSR count). The minimum atomic E-state index is -0.160. The van der Waals surface area contributed by atoms with Gasteiger partial charge in [0.1, 0.15) is 16.8 Å². The lowest BCUT2D eigenvalue weighted by Gasteiger charge is -2.27. The van der Waals surface area contributed by atoms with Crippen molar-refractivity contribution in [1.29, 1.82) is 5.26 Å². The van der Waals surface area contributed by atoms with Crippen LogP contribution < -0.4 is 15.4 Å². The Morgan fingerprint density at radius 3 is 2.81 bits per heavy atom. The summed E-state index contributed by atoms with van der Waals surface area (Å²) in [7, 11) is 1.62. The van der Waals surface area contributed by atoms with Crippen LogP contribution in [0.3, 0.4) is 0 Å². The number of urea groups is 1. The lowest BCUT2D eigenvalue weighted by molar-refractivity contribution is -0.116. The van der Waals surface area contributed by atoms with Crippen LogP contribution in [0.15, 0.2) is 48.7 Å². The van der Waals surface area contributed by atoms with Gasteiger partial charge in [0.25, 0.3) is 0 Å². The van der Waals surface area contributed by atoms with Gasteiger partial charge in [-0.3, -0.25) is 9.78 Å². The maximum atomic E-state index is 12.9. The Labute approximate surface area is 214 Å². The average Bonchev–Trinajstić information content (AvgIpc) is 3.24. The number of carbonyl (C=O) groups is 2. The van der Waals surface area contributed by atoms with Crippen LogP contribution in [0, 0.1) is 11.3 Å². The zero-order valence-corrected chi connectivity index (χ0v) is 21.2. The number of fused-ring (bicyclic) bond motifs is 1. The fraction of sp³-hybridized carbons (Fsp3) is 0.333. The van der Waals surface area contributed by atoms with Crippen molar-refractivity contribution >= 4 is 28.3 Å². The number of amides is 3. The molecule has 0 aliphatic carbocycles. The molecule has 3 heterocycles. The summed E-state index contributed by atoms with van der Waals surface area (Å²) in [5.41, 5.74) is 3.32. The molecule has 1 aliphatic heterocycles. The minimum absolute atomic E-state index is 0.0495. The molecule has 8 nitrogen and oxygen atoms in total. The van der Waals surface area contributed by atoms with E-state index < -0.39 is 0 Å². The van der Waals surface area contributed by atoms with Crippen molar-refractivity contribution in [1.82, 2.24) is 15.2 Å². The van der Waals surface area contributed by atoms with Crippen molar-refractivity contribution in [2.75, 3.05) is 25.5 Å². The van der Waals surface area contributed by atoms with Crippen molar-refractivity contribution in [3.05, 3.63) is 75.9 Å². The number of ether oxygens (including phenoxy) is 1. The highest BCUT2D eigenvalue weighted by molar-refractivity contribution is 7.16. The molecule has 2 N–H and O–H groups in total. The summed E-state index contributed by atoms with van der Waals surface area (Å²) >= 11 is 1.38. The Morgan fingerprint density at radius 1 is 1.25 bits per heavy atom. The van der Waals surface area contributed by atoms with E-state index in [1.807, 2.05) is 49.4 Å². The first kappa shape index (κ1) is 25.2. The molecule has 2 aromatic heterocycles. The Kier molecular flexibility index (Phi) is 8.18. The van der Waals surface area contributed by atoms with Gasteiger partial charge in [0.2, 0.25) is 5.91 Å². The predicted octanol–water partition coefficient (Wildman–Crippen LogP) is 4.47. The number of pyridine rings is 1. The Balaban J connectivity index is 1.36. The molecule has 0 fully saturated rings. The Bertz CT molecular complexity index is 1270. The normalized spacial score (nSPS) is 13.3. The number of hydrogen-bond donors (Lipinski definition) is 2. The largest absolute Gasteiger partial charge is 0.496 e. The third-order valence-corrected chi connectivity index (χ3v) is 7.39. The fourth-order valence-corrected chi connectivity index (χ4v) is 5.61. The van der Waals surface area contributed by atoms with Gasteiger partial charge < -0.3 is 20.3 Å². The van der Waals surface area contributed by atoms with Crippen LogP contribution in [-0.2, 0) is 24.2 Å². The molecule has 0 radical (unpaired) electrons. The summed E-state index contributed by atoms with van der Waals surface area (Å²) < 4.78 is 5.42. The second-order valence-corrected chi connectivity index (χ2v) is 9.79. The molecular weight excluding hydrogens is 474 g/mol. The number of nitrogens with one attached hydrogen (secondary N) is 2. The topological polar surface area (TPSA) is 107 Å². The van der Waals surface area contributed by atoms with Gasteiger partial charge in [-0.05, 0) is 41.7 Å². The Morgan fingerprint density at radius 2 is 2.06 bits per heavy atom. The molecular formula is C27H29N5O3S. The molecule has 186 valence electrons. The molecule has 1 atom stereocenters. The SMILES string of the molecule is COc1ccccc1[C@H](C)CC(=O)Nc1sc2c(c1C#N)CCN(C(=O)NCCc1ccccn1)C2. The van der Waals surface area contributed by atoms with Crippen molar-refractivity contribution < 1.29 is 14.3 Å². The van der Waals surface area contributed by atoms with E-state index in [4.69, 9.17) is 4.74 Å². The molecule has 0 saturated heterocycles. The van der Waals surface area contributed by atoms with Crippen molar-refractivity contribution in [3.8, 4) is 11.8 Å². The third-order valence-electron chi connectivity index (χ3n) is 6.25. The third kappa shape index (κ3) is 5.83. The molecule has 9 heteroatoms. The molecule has 3 aromatic rings. The first-order valence-corrected chi connectivity index (χ1v) is 12.7. The molecule has 0 unspecified atom stereocenters. The van der Waals surface area contributed by atoms with Gasteiger partial charge in [-0.25, -0.2) is 4.79 Å². The van der Waals surface area contributed by atoms with E-state index in [1.165, 1.54) is 11.3 Å². The number of hydrogen-bond acceptors (Lipinski definition) is 6. The maximum absolute atomic E-state index is 12.9. The van der Waals surface area contributed by atoms with E-state index in [-0.39, 0.29) is 24.3 Å². The van der Waals surface area contributed by atoms with Gasteiger partial charge in [-0.15, -0.1) is 11.3 Å². The highest BCUT2D eigenvalue weighted by Gasteiger charge is 2.28. The van der Waals surface area contributed by atoms with Crippen LogP contribution in [0.4, 0.5) is 9.80 Å². The molecule has 1 aromatic carbocycles. The van der Waals surface area contributed by atoms with E-state index in [0.29, 0.717) is 43.0 Å². The summed E-state index contributed by atoms with van der Waals surface area (Å²) in [5, 5.41) is 16.2. The maximum Gasteiger partial charge on any atom is 0.317 e. The highest BCUT2D eigenvalue weighted by Crippen LogP contribution is 2.37. The summed E-state index contributed by atoms with van der Waals surface area (Å²) in [6.07, 6.45) is 3.24. The van der Waals surface area contributed by atoms with E-state index in [9.17, 15) is 14.9 Å². The monoisotopic (exact) mass is 503 g/mol. The van der Waals surface area contributed by atoms with Crippen LogP contribution in [0.5, 0.6) is 5.75 Å². The highest BCUT2D eigenvalue weighted by atomic mass is 32.1. The van der Waals surface area contributed by atoms with E-state index >= 15 is 0 Å². The van der Waals surface area contributed by atoms with Crippen LogP contribution >= 0.6 is 11.3 Å². The van der Waals surface area contributed by atoms with E-state index in [0.717, 1.165) is 27.4 Å². The van der Waals surface area contributed by atoms with Crippen molar-refractivity contribution in [2.24, 2.45) is 0 Å². The molecule has 36 heavy (non-hydrogen) atoms. The van der Waals surface area contributed by atoms with Crippen LogP contribution in [-0.4, -0.2) is 42.0 Å². The molecule has 0 spiro atoms. The number of carbonyl (C=O) groups excluding carboxylic acids is 2. The number of benzene rings is 1. The first-order chi connectivity index (χ1) is 17.5. The predicted molar refractivity (Wildman–Crippen MR) is 139 cm³/mol. The zero-order chi connectivity index (χ0) is 25.5. The van der Waals surface area contributed by atoms with Crippen LogP contribution in [0.25, 0.3) is 0 Å². The first-order valence-electron chi connectivity index (χ1n) is 11.9. The number of methoxy groups -OCH3 is 1. The van der Waals surface area contributed by atoms with Crippen LogP contribution in [0.1, 0.15) is 46.5 Å². The molecule has 3 amide bonds. The average molecular weight is 504 g/mol. The molecule has 0 saturated carbocycles. The van der Waals surface area contributed by atoms with Gasteiger partial charge in [-0.2, -0.15) is 5.26 Å². The second kappa shape index (κ2) is 11.7. The van der Waals surface area contributed by atoms with Crippen LogP contribution in [0.2, 0.25) is 0 Å². The lowest BCUT2D eigenvalue weighted by atomic mass is 9.96. The van der Waals surface area contributed by atoms with Gasteiger partial charge in [0.15, 0.2) is 0 Å². The van der Waals surface area contributed by atoms with Gasteiger partial charge in [0, 0.05) is 42.7 Å². The van der Waals surface area contributed by atoms with Crippen molar-refractivity contribution in [2.45, 2.75) is 38.6 Å². The second-order valence-electron chi connectivity index (χ2n) is 8.69. The number of nitrogens with zero attached hydrogens (tertiary/aromatic N) is 3. The molecule has 0 bridgehead atoms. The lowest BCUT2D eigenvalue weighted by Crippen LogP contribution is -2.43. The fourth-order valence-electron chi connectivity index (χ4n) is 4.38. The number of rotatable bonds is 8. The summed E-state index contributed by atoms with van der Waals surface area (Å²) in [4.78, 5) is 32.5. The Hall–Kier alpha value is -3.90. The zero-order valence-electron chi connectivity index (χ0n) is 20.4. The van der Waals surface area contributed by atoms with E-state index in [2.05, 4.69) is 21.7 Å². The van der Waals surface area contributed by atoms with Gasteiger partial charge >= 0.3 is 6.03 Å². The molecule has 1 aliphatic rings. The van der Waals surface area contributed by atoms with E-state index in [1.54, 1.807) is 18.2 Å². The number of anilines is 1. The number of aromatic nitrogens is 1. The van der Waals surface area contributed by atoms with Gasteiger partial charge in [0.05, 0.1) is 19.2 Å².